The smallest absolute Gasteiger partial charge is 0.264 e. The molecule has 0 aromatic heterocycles. The van der Waals surface area contributed by atoms with Crippen molar-refractivity contribution in [2.24, 2.45) is 0 Å². The molecule has 0 heterocycles. The van der Waals surface area contributed by atoms with Crippen molar-refractivity contribution >= 4 is 39.1 Å². The molecule has 0 saturated heterocycles. The van der Waals surface area contributed by atoms with Gasteiger partial charge in [0, 0.05) is 24.5 Å². The van der Waals surface area contributed by atoms with Crippen LogP contribution in [0.3, 0.4) is 0 Å². The highest BCUT2D eigenvalue weighted by molar-refractivity contribution is 7.92. The van der Waals surface area contributed by atoms with Gasteiger partial charge in [-0.05, 0) is 67.8 Å². The topological polar surface area (TPSA) is 96.0 Å². The zero-order valence-electron chi connectivity index (χ0n) is 26.4. The molecule has 0 aliphatic carbocycles. The minimum atomic E-state index is -4.25. The number of halogens is 1. The molecule has 1 atom stereocenters. The molecule has 2 amide bonds. The van der Waals surface area contributed by atoms with Gasteiger partial charge >= 0.3 is 0 Å². The number of benzene rings is 4. The predicted octanol–water partition coefficient (Wildman–Crippen LogP) is 6.41. The number of rotatable bonds is 15. The quantitative estimate of drug-likeness (QED) is 0.159. The first-order valence-electron chi connectivity index (χ1n) is 15.3. The van der Waals surface area contributed by atoms with Gasteiger partial charge in [-0.15, -0.1) is 0 Å². The van der Waals surface area contributed by atoms with Crippen molar-refractivity contribution in [1.82, 2.24) is 10.2 Å². The van der Waals surface area contributed by atoms with Gasteiger partial charge in [-0.1, -0.05) is 90.8 Å². The van der Waals surface area contributed by atoms with E-state index in [0.717, 1.165) is 15.4 Å². The summed E-state index contributed by atoms with van der Waals surface area (Å²) in [5.41, 5.74) is 2.67. The zero-order chi connectivity index (χ0) is 33.1. The van der Waals surface area contributed by atoms with Gasteiger partial charge in [-0.3, -0.25) is 13.9 Å². The molecule has 10 heteroatoms. The first kappa shape index (κ1) is 34.5. The molecule has 242 valence electrons. The van der Waals surface area contributed by atoms with Gasteiger partial charge in [0.25, 0.3) is 10.0 Å². The Bertz CT molecular complexity index is 1720. The second-order valence-electron chi connectivity index (χ2n) is 10.9. The highest BCUT2D eigenvalue weighted by atomic mass is 35.5. The number of ether oxygens (including phenoxy) is 1. The van der Waals surface area contributed by atoms with Crippen LogP contribution >= 0.6 is 11.6 Å². The number of aryl methyl sites for hydroxylation is 1. The maximum absolute atomic E-state index is 14.6. The highest BCUT2D eigenvalue weighted by Gasteiger charge is 2.35. The average molecular weight is 662 g/mol. The lowest BCUT2D eigenvalue weighted by Crippen LogP contribution is -2.53. The van der Waals surface area contributed by atoms with E-state index < -0.39 is 28.5 Å². The van der Waals surface area contributed by atoms with E-state index in [4.69, 9.17) is 16.3 Å². The summed E-state index contributed by atoms with van der Waals surface area (Å²) in [6.07, 6.45) is 0.936. The van der Waals surface area contributed by atoms with Crippen molar-refractivity contribution in [1.29, 1.82) is 0 Å². The molecule has 0 aliphatic rings. The molecular formula is C36H40ClN3O5S. The van der Waals surface area contributed by atoms with Crippen LogP contribution in [0.1, 0.15) is 37.0 Å². The minimum absolute atomic E-state index is 0.0279. The van der Waals surface area contributed by atoms with Gasteiger partial charge < -0.3 is 15.0 Å². The Morgan fingerprint density at radius 1 is 0.870 bits per heavy atom. The van der Waals surface area contributed by atoms with Gasteiger partial charge in [0.1, 0.15) is 18.3 Å². The van der Waals surface area contributed by atoms with Crippen molar-refractivity contribution in [3.05, 3.63) is 125 Å². The molecule has 4 aromatic carbocycles. The average Bonchev–Trinajstić information content (AvgIpc) is 3.05. The maximum atomic E-state index is 14.6. The Hall–Kier alpha value is -4.34. The molecule has 4 aromatic rings. The summed E-state index contributed by atoms with van der Waals surface area (Å²) in [5, 5.41) is 3.43. The lowest BCUT2D eigenvalue weighted by Gasteiger charge is -2.34. The molecule has 1 N–H and O–H groups in total. The minimum Gasteiger partial charge on any atom is -0.492 e. The van der Waals surface area contributed by atoms with E-state index in [-0.39, 0.29) is 29.5 Å². The van der Waals surface area contributed by atoms with E-state index in [2.05, 4.69) is 5.32 Å². The summed E-state index contributed by atoms with van der Waals surface area (Å²) in [6.45, 7) is 5.79. The third kappa shape index (κ3) is 8.89. The normalized spacial score (nSPS) is 11.8. The molecule has 1 unspecified atom stereocenters. The fourth-order valence-corrected chi connectivity index (χ4v) is 6.68. The van der Waals surface area contributed by atoms with Crippen LogP contribution in [0.25, 0.3) is 0 Å². The standard InChI is InChI=1S/C36H40ClN3O5S/c1-4-22-38-36(42)33(24-28-12-7-6-8-13-28)39(25-29-14-11-15-30(37)23-29)35(41)26-40(32-16-9-10-17-34(32)45-5-2)46(43,44)31-20-18-27(3)19-21-31/h6-21,23,33H,4-5,22,24-26H2,1-3H3,(H,38,42). The van der Waals surface area contributed by atoms with Gasteiger partial charge in [0.15, 0.2) is 0 Å². The Labute approximate surface area is 277 Å². The van der Waals surface area contributed by atoms with Crippen LogP contribution in [0, 0.1) is 6.92 Å². The third-order valence-corrected chi connectivity index (χ3v) is 9.39. The lowest BCUT2D eigenvalue weighted by molar-refractivity contribution is -0.140. The van der Waals surface area contributed by atoms with Crippen molar-refractivity contribution in [2.75, 3.05) is 24.0 Å². The third-order valence-electron chi connectivity index (χ3n) is 7.38. The summed E-state index contributed by atoms with van der Waals surface area (Å²) in [5.74, 6) is -0.574. The predicted molar refractivity (Wildman–Crippen MR) is 183 cm³/mol. The fraction of sp³-hybridized carbons (Fsp3) is 0.278. The molecule has 4 rings (SSSR count). The molecule has 0 aliphatic heterocycles. The van der Waals surface area contributed by atoms with Crippen molar-refractivity contribution in [3.63, 3.8) is 0 Å². The monoisotopic (exact) mass is 661 g/mol. The second-order valence-corrected chi connectivity index (χ2v) is 13.2. The molecule has 0 fully saturated rings. The number of amides is 2. The van der Waals surface area contributed by atoms with E-state index in [1.165, 1.54) is 17.0 Å². The fourth-order valence-electron chi connectivity index (χ4n) is 5.04. The molecule has 0 spiro atoms. The number of anilines is 1. The number of sulfonamides is 1. The van der Waals surface area contributed by atoms with E-state index in [1.54, 1.807) is 61.5 Å². The van der Waals surface area contributed by atoms with Crippen LogP contribution in [-0.4, -0.2) is 50.9 Å². The Morgan fingerprint density at radius 3 is 2.22 bits per heavy atom. The van der Waals surface area contributed by atoms with Gasteiger partial charge in [-0.25, -0.2) is 8.42 Å². The first-order valence-corrected chi connectivity index (χ1v) is 17.1. The number of carbonyl (C=O) groups excluding carboxylic acids is 2. The summed E-state index contributed by atoms with van der Waals surface area (Å²) >= 11 is 6.31. The number of carbonyl (C=O) groups is 2. The Kier molecular flexibility index (Phi) is 12.2. The molecule has 46 heavy (non-hydrogen) atoms. The van der Waals surface area contributed by atoms with Crippen molar-refractivity contribution < 1.29 is 22.7 Å². The molecule has 0 radical (unpaired) electrons. The van der Waals surface area contributed by atoms with Gasteiger partial charge in [-0.2, -0.15) is 0 Å². The van der Waals surface area contributed by atoms with E-state index in [9.17, 15) is 18.0 Å². The Balaban J connectivity index is 1.83. The van der Waals surface area contributed by atoms with E-state index in [1.807, 2.05) is 50.2 Å². The number of hydrogen-bond donors (Lipinski definition) is 1. The largest absolute Gasteiger partial charge is 0.492 e. The molecule has 0 saturated carbocycles. The first-order chi connectivity index (χ1) is 22.1. The van der Waals surface area contributed by atoms with E-state index >= 15 is 0 Å². The summed E-state index contributed by atoms with van der Waals surface area (Å²) in [7, 11) is -4.25. The maximum Gasteiger partial charge on any atom is 0.264 e. The van der Waals surface area contributed by atoms with Gasteiger partial charge in [0.05, 0.1) is 17.2 Å². The van der Waals surface area contributed by atoms with Crippen molar-refractivity contribution in [3.8, 4) is 5.75 Å². The summed E-state index contributed by atoms with van der Waals surface area (Å²) in [4.78, 5) is 29.8. The second kappa shape index (κ2) is 16.3. The molecule has 8 nitrogen and oxygen atoms in total. The molecular weight excluding hydrogens is 622 g/mol. The number of nitrogens with one attached hydrogen (secondary N) is 1. The van der Waals surface area contributed by atoms with Crippen LogP contribution in [0.2, 0.25) is 5.02 Å². The van der Waals surface area contributed by atoms with Crippen LogP contribution in [0.4, 0.5) is 5.69 Å². The van der Waals surface area contributed by atoms with Crippen molar-refractivity contribution in [2.45, 2.75) is 51.1 Å². The lowest BCUT2D eigenvalue weighted by atomic mass is 10.0. The number of nitrogens with zero attached hydrogens (tertiary/aromatic N) is 2. The SMILES string of the molecule is CCCNC(=O)C(Cc1ccccc1)N(Cc1cccc(Cl)c1)C(=O)CN(c1ccccc1OCC)S(=O)(=O)c1ccc(C)cc1. The van der Waals surface area contributed by atoms with Gasteiger partial charge in [0.2, 0.25) is 11.8 Å². The number of para-hydroxylation sites is 2. The van der Waals surface area contributed by atoms with Crippen LogP contribution in [0.15, 0.2) is 108 Å². The summed E-state index contributed by atoms with van der Waals surface area (Å²) in [6, 6.07) is 28.7. The summed E-state index contributed by atoms with van der Waals surface area (Å²) < 4.78 is 35.5. The van der Waals surface area contributed by atoms with Crippen LogP contribution < -0.4 is 14.4 Å². The Morgan fingerprint density at radius 2 is 1.54 bits per heavy atom. The van der Waals surface area contributed by atoms with Crippen LogP contribution in [0.5, 0.6) is 5.75 Å². The van der Waals surface area contributed by atoms with Crippen LogP contribution in [-0.2, 0) is 32.6 Å². The zero-order valence-corrected chi connectivity index (χ0v) is 27.9. The highest BCUT2D eigenvalue weighted by Crippen LogP contribution is 2.33. The molecule has 0 bridgehead atoms. The van der Waals surface area contributed by atoms with E-state index in [0.29, 0.717) is 35.9 Å². The number of hydrogen-bond acceptors (Lipinski definition) is 5.